The van der Waals surface area contributed by atoms with Crippen LogP contribution in [0.15, 0.2) is 43.8 Å². The van der Waals surface area contributed by atoms with Crippen LogP contribution in [0.5, 0.6) is 11.5 Å². The van der Waals surface area contributed by atoms with Crippen LogP contribution in [0.25, 0.3) is 0 Å². The van der Waals surface area contributed by atoms with E-state index in [1.807, 2.05) is 0 Å². The van der Waals surface area contributed by atoms with Crippen LogP contribution in [0, 0.1) is 0 Å². The van der Waals surface area contributed by atoms with Crippen LogP contribution in [0.2, 0.25) is 0 Å². The predicted octanol–water partition coefficient (Wildman–Crippen LogP) is 7.48. The molecule has 0 bridgehead atoms. The topological polar surface area (TPSA) is 18.5 Å². The Morgan fingerprint density at radius 3 is 1.41 bits per heavy atom. The molecule has 2 aromatic carbocycles. The molecule has 146 valence electrons. The van der Waals surface area contributed by atoms with Crippen LogP contribution in [-0.2, 0) is 0 Å². The minimum atomic E-state index is -2.39. The minimum absolute atomic E-state index is 0.505. The van der Waals surface area contributed by atoms with E-state index in [2.05, 4.69) is 87.9 Å². The van der Waals surface area contributed by atoms with E-state index in [0.717, 1.165) is 11.5 Å². The van der Waals surface area contributed by atoms with Crippen molar-refractivity contribution in [3.8, 4) is 11.5 Å². The summed E-state index contributed by atoms with van der Waals surface area (Å²) in [5.74, 6) is 2.98. The van der Waals surface area contributed by atoms with Crippen molar-refractivity contribution in [3.63, 3.8) is 0 Å². The summed E-state index contributed by atoms with van der Waals surface area (Å²) in [6.07, 6.45) is 0. The molecule has 0 atom stereocenters. The van der Waals surface area contributed by atoms with E-state index < -0.39 is 12.7 Å². The molecule has 0 aliphatic carbocycles. The molecule has 0 saturated carbocycles. The van der Waals surface area contributed by atoms with Crippen LogP contribution < -0.4 is 9.47 Å². The molecule has 4 rings (SSSR count). The van der Waals surface area contributed by atoms with Crippen LogP contribution in [0.4, 0.5) is 0 Å². The summed E-state index contributed by atoms with van der Waals surface area (Å²) >= 11 is -2.39. The Hall–Kier alpha value is 0.230. The number of rotatable bonds is 4. The van der Waals surface area contributed by atoms with E-state index in [-0.39, 0.29) is 0 Å². The first-order valence-corrected chi connectivity index (χ1v) is 23.3. The zero-order valence-corrected chi connectivity index (χ0v) is 21.9. The van der Waals surface area contributed by atoms with Crippen molar-refractivity contribution in [1.82, 2.24) is 0 Å². The molecule has 1 spiro atoms. The average Bonchev–Trinajstić information content (AvgIpc) is 3.17. The SMILES string of the molecule is COc1cc2c(c(C(C)C)c1)S[Te]1(S2)Sc2cc(OC)cc(C(C)C)c2S1. The quantitative estimate of drug-likeness (QED) is 0.364. The van der Waals surface area contributed by atoms with Crippen LogP contribution in [-0.4, -0.2) is 26.9 Å². The van der Waals surface area contributed by atoms with Gasteiger partial charge in [-0.15, -0.1) is 0 Å². The summed E-state index contributed by atoms with van der Waals surface area (Å²) in [7, 11) is 12.2. The van der Waals surface area contributed by atoms with Gasteiger partial charge in [0.1, 0.15) is 0 Å². The third-order valence-electron chi connectivity index (χ3n) is 4.58. The fourth-order valence-corrected chi connectivity index (χ4v) is 44.0. The number of methoxy groups -OCH3 is 2. The molecule has 0 saturated heterocycles. The van der Waals surface area contributed by atoms with Gasteiger partial charge in [0.05, 0.1) is 0 Å². The van der Waals surface area contributed by atoms with Gasteiger partial charge in [-0.05, 0) is 0 Å². The molecular weight excluding hydrogens is 528 g/mol. The van der Waals surface area contributed by atoms with Crippen LogP contribution in [0.1, 0.15) is 50.7 Å². The Labute approximate surface area is 177 Å². The zero-order valence-electron chi connectivity index (χ0n) is 16.3. The van der Waals surface area contributed by atoms with Crippen LogP contribution >= 0.6 is 36.0 Å². The van der Waals surface area contributed by atoms with Crippen molar-refractivity contribution < 1.29 is 9.47 Å². The summed E-state index contributed by atoms with van der Waals surface area (Å²) < 4.78 is 11.2. The molecule has 2 heterocycles. The van der Waals surface area contributed by atoms with Crippen molar-refractivity contribution >= 4 is 48.6 Å². The third-order valence-corrected chi connectivity index (χ3v) is 37.3. The fourth-order valence-electron chi connectivity index (χ4n) is 3.12. The molecule has 0 unspecified atom stereocenters. The van der Waals surface area contributed by atoms with Gasteiger partial charge in [0, 0.05) is 0 Å². The summed E-state index contributed by atoms with van der Waals surface area (Å²) in [4.78, 5) is 5.86. The second-order valence-electron chi connectivity index (χ2n) is 7.14. The van der Waals surface area contributed by atoms with Gasteiger partial charge in [-0.3, -0.25) is 0 Å². The van der Waals surface area contributed by atoms with E-state index in [1.54, 1.807) is 14.2 Å². The van der Waals surface area contributed by atoms with Gasteiger partial charge in [-0.2, -0.15) is 0 Å². The first kappa shape index (κ1) is 20.5. The number of hydrogen-bond acceptors (Lipinski definition) is 6. The van der Waals surface area contributed by atoms with Gasteiger partial charge in [-0.25, -0.2) is 0 Å². The van der Waals surface area contributed by atoms with Gasteiger partial charge < -0.3 is 0 Å². The molecule has 2 aromatic rings. The van der Waals surface area contributed by atoms with Gasteiger partial charge in [0.15, 0.2) is 0 Å². The van der Waals surface area contributed by atoms with Crippen molar-refractivity contribution in [3.05, 3.63) is 35.4 Å². The van der Waals surface area contributed by atoms with Crippen molar-refractivity contribution in [2.24, 2.45) is 0 Å². The fraction of sp³-hybridized carbons (Fsp3) is 0.400. The second-order valence-corrected chi connectivity index (χ2v) is 39.4. The Morgan fingerprint density at radius 2 is 1.07 bits per heavy atom. The molecule has 27 heavy (non-hydrogen) atoms. The molecule has 0 fully saturated rings. The van der Waals surface area contributed by atoms with Gasteiger partial charge in [0.25, 0.3) is 0 Å². The van der Waals surface area contributed by atoms with Crippen molar-refractivity contribution in [2.75, 3.05) is 14.2 Å². The Kier molecular flexibility index (Phi) is 5.93. The number of fused-ring (bicyclic) bond motifs is 2. The maximum absolute atomic E-state index is 5.59. The summed E-state index contributed by atoms with van der Waals surface area (Å²) in [5.41, 5.74) is 2.87. The molecule has 2 aliphatic heterocycles. The maximum atomic E-state index is 5.59. The second kappa shape index (κ2) is 7.81. The van der Waals surface area contributed by atoms with E-state index in [9.17, 15) is 0 Å². The molecule has 0 amide bonds. The monoisotopic (exact) mass is 554 g/mol. The average molecular weight is 552 g/mol. The van der Waals surface area contributed by atoms with E-state index >= 15 is 0 Å². The predicted molar refractivity (Wildman–Crippen MR) is 123 cm³/mol. The molecular formula is C20H24O2S4Te. The number of ether oxygens (including phenoxy) is 2. The Balaban J connectivity index is 1.74. The summed E-state index contributed by atoms with van der Waals surface area (Å²) in [6, 6.07) is 8.96. The normalized spacial score (nSPS) is 18.1. The van der Waals surface area contributed by atoms with Gasteiger partial charge in [0.2, 0.25) is 0 Å². The summed E-state index contributed by atoms with van der Waals surface area (Å²) in [5, 5.41) is 0. The van der Waals surface area contributed by atoms with E-state index in [1.165, 1.54) is 30.7 Å². The molecule has 0 radical (unpaired) electrons. The van der Waals surface area contributed by atoms with Crippen molar-refractivity contribution in [1.29, 1.82) is 0 Å². The first-order chi connectivity index (χ1) is 12.9. The molecule has 0 aromatic heterocycles. The Bertz CT molecular complexity index is 825. The molecule has 2 aliphatic rings. The zero-order chi connectivity index (χ0) is 19.3. The van der Waals surface area contributed by atoms with Gasteiger partial charge >= 0.3 is 178 Å². The molecule has 7 heteroatoms. The van der Waals surface area contributed by atoms with E-state index in [0.29, 0.717) is 11.8 Å². The number of benzene rings is 2. The number of hydrogen-bond donors (Lipinski definition) is 0. The Morgan fingerprint density at radius 1 is 0.667 bits per heavy atom. The van der Waals surface area contributed by atoms with Gasteiger partial charge in [-0.1, -0.05) is 0 Å². The molecule has 2 nitrogen and oxygen atoms in total. The standard InChI is InChI=1S/C20H24O2S4Te/c1-11(2)15-7-13(21-5)9-17-19(15)25-27(23-17)24-18-10-14(22-6)8-16(12(3)4)20(18)26-27/h7-12H,1-6H3. The van der Waals surface area contributed by atoms with E-state index in [4.69, 9.17) is 9.47 Å². The van der Waals surface area contributed by atoms with Crippen molar-refractivity contribution in [2.45, 2.75) is 59.1 Å². The third kappa shape index (κ3) is 3.73. The molecule has 0 N–H and O–H groups in total. The van der Waals surface area contributed by atoms with Crippen LogP contribution in [0.3, 0.4) is 0 Å². The summed E-state index contributed by atoms with van der Waals surface area (Å²) in [6.45, 7) is 9.13. The first-order valence-electron chi connectivity index (χ1n) is 8.90.